The SMILES string of the molecule is CC=C=C/C=C/C=C/C=C/CCC=O. The molecule has 0 saturated carbocycles. The Balaban J connectivity index is 3.62. The average Bonchev–Trinajstić information content (AvgIpc) is 2.21. The first-order chi connectivity index (χ1) is 6.91. The van der Waals surface area contributed by atoms with Crippen LogP contribution in [-0.2, 0) is 4.79 Å². The monoisotopic (exact) mass is 188 g/mol. The number of hydrogen-bond donors (Lipinski definition) is 0. The van der Waals surface area contributed by atoms with Gasteiger partial charge in [-0.3, -0.25) is 0 Å². The van der Waals surface area contributed by atoms with Crippen LogP contribution in [0.15, 0.2) is 54.3 Å². The van der Waals surface area contributed by atoms with E-state index >= 15 is 0 Å². The van der Waals surface area contributed by atoms with Gasteiger partial charge < -0.3 is 4.79 Å². The smallest absolute Gasteiger partial charge is 0.120 e. The fourth-order valence-corrected chi connectivity index (χ4v) is 0.739. The van der Waals surface area contributed by atoms with Crippen LogP contribution in [0.5, 0.6) is 0 Å². The summed E-state index contributed by atoms with van der Waals surface area (Å²) >= 11 is 0. The van der Waals surface area contributed by atoms with Gasteiger partial charge in [-0.15, -0.1) is 5.73 Å². The Morgan fingerprint density at radius 1 is 1.00 bits per heavy atom. The minimum absolute atomic E-state index is 0.601. The summed E-state index contributed by atoms with van der Waals surface area (Å²) in [6, 6.07) is 0. The van der Waals surface area contributed by atoms with Crippen molar-refractivity contribution in [2.45, 2.75) is 19.8 Å². The third-order valence-corrected chi connectivity index (χ3v) is 1.39. The number of hydrogen-bond acceptors (Lipinski definition) is 1. The zero-order valence-electron chi connectivity index (χ0n) is 8.52. The minimum Gasteiger partial charge on any atom is -0.303 e. The van der Waals surface area contributed by atoms with Crippen LogP contribution in [0.3, 0.4) is 0 Å². The third-order valence-electron chi connectivity index (χ3n) is 1.39. The molecule has 0 radical (unpaired) electrons. The Morgan fingerprint density at radius 2 is 1.71 bits per heavy atom. The van der Waals surface area contributed by atoms with Crippen molar-refractivity contribution in [1.29, 1.82) is 0 Å². The molecule has 0 saturated heterocycles. The van der Waals surface area contributed by atoms with Gasteiger partial charge in [0.15, 0.2) is 0 Å². The summed E-state index contributed by atoms with van der Waals surface area (Å²) in [5.74, 6) is 0. The molecule has 0 spiro atoms. The second-order valence-electron chi connectivity index (χ2n) is 2.56. The Labute approximate surface area is 85.8 Å². The molecule has 74 valence electrons. The van der Waals surface area contributed by atoms with Crippen molar-refractivity contribution < 1.29 is 4.79 Å². The molecule has 0 aromatic rings. The summed E-state index contributed by atoms with van der Waals surface area (Å²) < 4.78 is 0. The molecule has 0 atom stereocenters. The maximum absolute atomic E-state index is 9.96. The Hall–Kier alpha value is -1.59. The van der Waals surface area contributed by atoms with Gasteiger partial charge in [-0.05, 0) is 25.5 Å². The number of rotatable bonds is 6. The van der Waals surface area contributed by atoms with E-state index in [1.165, 1.54) is 0 Å². The second-order valence-corrected chi connectivity index (χ2v) is 2.56. The Bertz CT molecular complexity index is 274. The lowest BCUT2D eigenvalue weighted by Gasteiger charge is -1.78. The van der Waals surface area contributed by atoms with Crippen LogP contribution < -0.4 is 0 Å². The fourth-order valence-electron chi connectivity index (χ4n) is 0.739. The molecule has 1 heteroatoms. The molecule has 0 fully saturated rings. The standard InChI is InChI=1S/C13H16O/c1-2-3-4-5-6-7-8-9-10-11-12-13-14/h2,4-10,13H,11-12H2,1H3/b6-5+,8-7+,10-9+. The molecule has 0 amide bonds. The van der Waals surface area contributed by atoms with Gasteiger partial charge in [0.05, 0.1) is 0 Å². The topological polar surface area (TPSA) is 17.1 Å². The third kappa shape index (κ3) is 10.4. The molecule has 0 unspecified atom stereocenters. The van der Waals surface area contributed by atoms with Crippen molar-refractivity contribution in [3.8, 4) is 0 Å². The van der Waals surface area contributed by atoms with Gasteiger partial charge in [0.25, 0.3) is 0 Å². The first-order valence-electron chi connectivity index (χ1n) is 4.71. The van der Waals surface area contributed by atoms with Crippen molar-refractivity contribution in [2.24, 2.45) is 0 Å². The van der Waals surface area contributed by atoms with Gasteiger partial charge in [0, 0.05) is 6.42 Å². The van der Waals surface area contributed by atoms with Crippen LogP contribution in [0.1, 0.15) is 19.8 Å². The summed E-state index contributed by atoms with van der Waals surface area (Å²) in [7, 11) is 0. The predicted octanol–water partition coefficient (Wildman–Crippen LogP) is 3.37. The van der Waals surface area contributed by atoms with Crippen LogP contribution in [0.25, 0.3) is 0 Å². The number of carbonyl (C=O) groups is 1. The summed E-state index contributed by atoms with van der Waals surface area (Å²) in [4.78, 5) is 9.96. The van der Waals surface area contributed by atoms with E-state index in [1.807, 2.05) is 55.5 Å². The van der Waals surface area contributed by atoms with Crippen molar-refractivity contribution >= 4 is 6.29 Å². The van der Waals surface area contributed by atoms with Crippen LogP contribution in [0.2, 0.25) is 0 Å². The molecule has 0 aliphatic rings. The molecule has 0 aliphatic heterocycles. The number of aldehydes is 1. The molecule has 0 heterocycles. The largest absolute Gasteiger partial charge is 0.303 e. The van der Waals surface area contributed by atoms with E-state index in [1.54, 1.807) is 0 Å². The van der Waals surface area contributed by atoms with Crippen molar-refractivity contribution in [3.63, 3.8) is 0 Å². The normalized spacial score (nSPS) is 10.9. The summed E-state index contributed by atoms with van der Waals surface area (Å²) in [6.45, 7) is 1.93. The molecule has 0 rings (SSSR count). The minimum atomic E-state index is 0.601. The molecule has 0 aromatic carbocycles. The maximum Gasteiger partial charge on any atom is 0.120 e. The van der Waals surface area contributed by atoms with Gasteiger partial charge in [0.1, 0.15) is 6.29 Å². The highest BCUT2D eigenvalue weighted by atomic mass is 16.1. The first-order valence-corrected chi connectivity index (χ1v) is 4.71. The lowest BCUT2D eigenvalue weighted by Crippen LogP contribution is -1.68. The van der Waals surface area contributed by atoms with Crippen molar-refractivity contribution in [1.82, 2.24) is 0 Å². The van der Waals surface area contributed by atoms with Crippen LogP contribution in [-0.4, -0.2) is 6.29 Å². The van der Waals surface area contributed by atoms with Crippen LogP contribution >= 0.6 is 0 Å². The molecular formula is C13H16O. The van der Waals surface area contributed by atoms with E-state index in [-0.39, 0.29) is 0 Å². The molecule has 0 aliphatic carbocycles. The van der Waals surface area contributed by atoms with Gasteiger partial charge in [-0.1, -0.05) is 36.5 Å². The van der Waals surface area contributed by atoms with Crippen LogP contribution in [0.4, 0.5) is 0 Å². The quantitative estimate of drug-likeness (QED) is 0.270. The lowest BCUT2D eigenvalue weighted by molar-refractivity contribution is -0.107. The lowest BCUT2D eigenvalue weighted by atomic mass is 10.3. The highest BCUT2D eigenvalue weighted by Crippen LogP contribution is 1.88. The fraction of sp³-hybridized carbons (Fsp3) is 0.231. The Kier molecular flexibility index (Phi) is 10.1. The predicted molar refractivity (Wildman–Crippen MR) is 61.0 cm³/mol. The molecule has 14 heavy (non-hydrogen) atoms. The second kappa shape index (κ2) is 11.4. The zero-order valence-corrected chi connectivity index (χ0v) is 8.52. The highest BCUT2D eigenvalue weighted by molar-refractivity contribution is 5.49. The first kappa shape index (κ1) is 12.4. The van der Waals surface area contributed by atoms with Crippen molar-refractivity contribution in [2.75, 3.05) is 0 Å². The Morgan fingerprint density at radius 3 is 2.43 bits per heavy atom. The highest BCUT2D eigenvalue weighted by Gasteiger charge is 1.74. The summed E-state index contributed by atoms with van der Waals surface area (Å²) in [5.41, 5.74) is 2.94. The van der Waals surface area contributed by atoms with Gasteiger partial charge in [-0.25, -0.2) is 0 Å². The van der Waals surface area contributed by atoms with E-state index in [0.29, 0.717) is 6.42 Å². The van der Waals surface area contributed by atoms with E-state index < -0.39 is 0 Å². The summed E-state index contributed by atoms with van der Waals surface area (Å²) in [6.07, 6.45) is 17.7. The van der Waals surface area contributed by atoms with E-state index in [9.17, 15) is 4.79 Å². The average molecular weight is 188 g/mol. The van der Waals surface area contributed by atoms with E-state index in [4.69, 9.17) is 0 Å². The molecular weight excluding hydrogens is 172 g/mol. The molecule has 0 aromatic heterocycles. The van der Waals surface area contributed by atoms with Gasteiger partial charge in [0.2, 0.25) is 0 Å². The molecule has 0 bridgehead atoms. The van der Waals surface area contributed by atoms with Crippen LogP contribution in [0, 0.1) is 0 Å². The van der Waals surface area contributed by atoms with Gasteiger partial charge in [-0.2, -0.15) is 0 Å². The van der Waals surface area contributed by atoms with E-state index in [0.717, 1.165) is 12.7 Å². The molecule has 0 N–H and O–H groups in total. The van der Waals surface area contributed by atoms with Gasteiger partial charge >= 0.3 is 0 Å². The number of unbranched alkanes of at least 4 members (excludes halogenated alkanes) is 1. The van der Waals surface area contributed by atoms with E-state index in [2.05, 4.69) is 5.73 Å². The number of carbonyl (C=O) groups excluding carboxylic acids is 1. The zero-order chi connectivity index (χ0) is 10.5. The molecule has 1 nitrogen and oxygen atoms in total. The van der Waals surface area contributed by atoms with Crippen molar-refractivity contribution in [3.05, 3.63) is 54.3 Å². The maximum atomic E-state index is 9.96. The number of allylic oxidation sites excluding steroid dienone is 7. The summed E-state index contributed by atoms with van der Waals surface area (Å²) in [5, 5.41) is 0.